The minimum absolute atomic E-state index is 0. The molecule has 2 atom stereocenters. The Morgan fingerprint density at radius 2 is 1.79 bits per heavy atom. The molecule has 0 aliphatic carbocycles. The second kappa shape index (κ2) is 8.45. The van der Waals surface area contributed by atoms with Crippen LogP contribution >= 0.6 is 0 Å². The van der Waals surface area contributed by atoms with Crippen LogP contribution in [0.3, 0.4) is 0 Å². The molecule has 2 N–H and O–H groups in total. The molecule has 3 aromatic carbocycles. The van der Waals surface area contributed by atoms with Crippen molar-refractivity contribution in [3.05, 3.63) is 105 Å². The van der Waals surface area contributed by atoms with E-state index in [-0.39, 0.29) is 20.4 Å². The highest BCUT2D eigenvalue weighted by atomic mass is 19.1. The third-order valence-corrected chi connectivity index (χ3v) is 6.63. The standard InChI is InChI=1S/C27H27FN4O.2H2/c1-16(2)32(3)15-17-9-11-18(12-10-17)23-25(19-7-5-4-6-8-19)29-22-14-20(28)13-21-24(22)26(23)30-31-27(21)33;;/h4-14,16,23,25,29H,15H2,1-3H3,(H,31,33);2*1H/t23-,25-;;/m1../s1. The first-order chi connectivity index (χ1) is 15.9. The van der Waals surface area contributed by atoms with E-state index in [9.17, 15) is 9.18 Å². The summed E-state index contributed by atoms with van der Waals surface area (Å²) in [5, 5.41) is 11.6. The van der Waals surface area contributed by atoms with E-state index in [1.165, 1.54) is 17.7 Å². The van der Waals surface area contributed by atoms with E-state index in [0.717, 1.165) is 23.4 Å². The molecule has 6 heteroatoms. The van der Waals surface area contributed by atoms with Crippen molar-refractivity contribution in [3.8, 4) is 0 Å². The maximum absolute atomic E-state index is 14.4. The highest BCUT2D eigenvalue weighted by Gasteiger charge is 2.35. The van der Waals surface area contributed by atoms with E-state index in [0.29, 0.717) is 22.5 Å². The molecule has 0 saturated carbocycles. The van der Waals surface area contributed by atoms with E-state index in [1.807, 2.05) is 18.2 Å². The van der Waals surface area contributed by atoms with Crippen LogP contribution in [0.25, 0.3) is 10.8 Å². The second-order valence-corrected chi connectivity index (χ2v) is 9.07. The summed E-state index contributed by atoms with van der Waals surface area (Å²) in [6.07, 6.45) is 0. The van der Waals surface area contributed by atoms with Crippen molar-refractivity contribution < 1.29 is 7.24 Å². The maximum Gasteiger partial charge on any atom is 0.272 e. The molecule has 4 aromatic rings. The van der Waals surface area contributed by atoms with Gasteiger partial charge in [-0.3, -0.25) is 9.69 Å². The van der Waals surface area contributed by atoms with E-state index in [2.05, 4.69) is 77.7 Å². The van der Waals surface area contributed by atoms with Gasteiger partial charge in [0.05, 0.1) is 23.0 Å². The van der Waals surface area contributed by atoms with Gasteiger partial charge in [-0.2, -0.15) is 5.10 Å². The number of H-pyrrole nitrogens is 1. The Hall–Kier alpha value is -3.51. The Bertz CT molecular complexity index is 1360. The fourth-order valence-corrected chi connectivity index (χ4v) is 4.62. The van der Waals surface area contributed by atoms with Gasteiger partial charge >= 0.3 is 0 Å². The smallest absolute Gasteiger partial charge is 0.272 e. The van der Waals surface area contributed by atoms with Gasteiger partial charge in [-0.15, -0.1) is 0 Å². The average Bonchev–Trinajstić information content (AvgIpc) is 2.81. The van der Waals surface area contributed by atoms with Gasteiger partial charge in [0.1, 0.15) is 5.82 Å². The zero-order chi connectivity index (χ0) is 23.1. The van der Waals surface area contributed by atoms with Crippen molar-refractivity contribution in [3.63, 3.8) is 0 Å². The predicted octanol–water partition coefficient (Wildman–Crippen LogP) is 5.69. The first kappa shape index (κ1) is 21.3. The van der Waals surface area contributed by atoms with Gasteiger partial charge in [-0.25, -0.2) is 9.49 Å². The van der Waals surface area contributed by atoms with Gasteiger partial charge in [-0.1, -0.05) is 54.6 Å². The molecule has 2 heterocycles. The Morgan fingerprint density at radius 3 is 2.48 bits per heavy atom. The minimum Gasteiger partial charge on any atom is -0.377 e. The molecule has 1 aromatic heterocycles. The predicted molar refractivity (Wildman–Crippen MR) is 134 cm³/mol. The first-order valence-electron chi connectivity index (χ1n) is 11.2. The van der Waals surface area contributed by atoms with E-state index < -0.39 is 5.82 Å². The lowest BCUT2D eigenvalue weighted by Crippen LogP contribution is -2.28. The molecular weight excluding hydrogens is 415 g/mol. The third kappa shape index (κ3) is 3.91. The summed E-state index contributed by atoms with van der Waals surface area (Å²) in [5.74, 6) is -0.599. The van der Waals surface area contributed by atoms with Gasteiger partial charge in [-0.05, 0) is 49.7 Å². The molecule has 0 radical (unpaired) electrons. The second-order valence-electron chi connectivity index (χ2n) is 9.07. The van der Waals surface area contributed by atoms with Crippen molar-refractivity contribution >= 4 is 16.5 Å². The van der Waals surface area contributed by atoms with E-state index >= 15 is 0 Å². The number of nitrogens with zero attached hydrogens (tertiary/aromatic N) is 2. The van der Waals surface area contributed by atoms with Crippen molar-refractivity contribution in [2.75, 3.05) is 12.4 Å². The maximum atomic E-state index is 14.4. The number of anilines is 1. The number of rotatable bonds is 5. The molecule has 1 aliphatic rings. The van der Waals surface area contributed by atoms with Gasteiger partial charge in [0, 0.05) is 26.5 Å². The summed E-state index contributed by atoms with van der Waals surface area (Å²) in [6.45, 7) is 5.23. The molecule has 0 fully saturated rings. The van der Waals surface area contributed by atoms with Crippen LogP contribution in [0.5, 0.6) is 0 Å². The van der Waals surface area contributed by atoms with Crippen LogP contribution in [0.2, 0.25) is 0 Å². The molecule has 172 valence electrons. The first-order valence-corrected chi connectivity index (χ1v) is 11.2. The topological polar surface area (TPSA) is 61.0 Å². The number of hydrogen-bond acceptors (Lipinski definition) is 4. The summed E-state index contributed by atoms with van der Waals surface area (Å²) >= 11 is 0. The summed E-state index contributed by atoms with van der Waals surface area (Å²) in [5.41, 5.74) is 4.35. The molecule has 0 unspecified atom stereocenters. The molecule has 0 bridgehead atoms. The minimum atomic E-state index is -0.448. The molecule has 5 nitrogen and oxygen atoms in total. The largest absolute Gasteiger partial charge is 0.377 e. The Morgan fingerprint density at radius 1 is 1.06 bits per heavy atom. The summed E-state index contributed by atoms with van der Waals surface area (Å²) in [7, 11) is 2.12. The molecule has 1 aliphatic heterocycles. The number of aromatic amines is 1. The van der Waals surface area contributed by atoms with Gasteiger partial charge in [0.15, 0.2) is 0 Å². The molecule has 33 heavy (non-hydrogen) atoms. The molecular formula is C27H31FN4O. The van der Waals surface area contributed by atoms with Crippen molar-refractivity contribution in [1.29, 1.82) is 0 Å². The summed E-state index contributed by atoms with van der Waals surface area (Å²) in [6, 6.07) is 21.7. The monoisotopic (exact) mass is 446 g/mol. The molecule has 0 spiro atoms. The van der Waals surface area contributed by atoms with Gasteiger partial charge in [0.25, 0.3) is 5.56 Å². The molecule has 0 amide bonds. The number of benzene rings is 3. The Balaban J connectivity index is 0.00000171. The summed E-state index contributed by atoms with van der Waals surface area (Å²) in [4.78, 5) is 14.7. The van der Waals surface area contributed by atoms with Crippen LogP contribution in [0.15, 0.2) is 71.5 Å². The van der Waals surface area contributed by atoms with Crippen LogP contribution < -0.4 is 10.9 Å². The lowest BCUT2D eigenvalue weighted by Gasteiger charge is -2.35. The number of nitrogens with one attached hydrogen (secondary N) is 2. The van der Waals surface area contributed by atoms with Crippen molar-refractivity contribution in [1.82, 2.24) is 15.1 Å². The number of aromatic nitrogens is 2. The average molecular weight is 447 g/mol. The zero-order valence-electron chi connectivity index (χ0n) is 19.0. The van der Waals surface area contributed by atoms with Crippen molar-refractivity contribution in [2.24, 2.45) is 0 Å². The van der Waals surface area contributed by atoms with E-state index in [4.69, 9.17) is 0 Å². The lowest BCUT2D eigenvalue weighted by molar-refractivity contribution is 0.266. The van der Waals surface area contributed by atoms with Crippen LogP contribution in [0.1, 0.15) is 51.0 Å². The SMILES string of the molecule is CC(C)N(C)Cc1ccc([C@H]2c3n[nH]c(=O)c4cc(F)cc(c34)N[C@@H]2c2ccccc2)cc1.[HH].[HH]. The van der Waals surface area contributed by atoms with Crippen LogP contribution in [0, 0.1) is 5.82 Å². The molecule has 5 rings (SSSR count). The highest BCUT2D eigenvalue weighted by molar-refractivity contribution is 5.97. The fraction of sp³-hybridized carbons (Fsp3) is 0.259. The van der Waals surface area contributed by atoms with Gasteiger partial charge < -0.3 is 5.32 Å². The quantitative estimate of drug-likeness (QED) is 0.413. The van der Waals surface area contributed by atoms with Gasteiger partial charge in [0.2, 0.25) is 0 Å². The lowest BCUT2D eigenvalue weighted by atomic mass is 9.80. The molecule has 0 saturated heterocycles. The fourth-order valence-electron chi connectivity index (χ4n) is 4.62. The third-order valence-electron chi connectivity index (χ3n) is 6.63. The van der Waals surface area contributed by atoms with E-state index in [1.54, 1.807) is 0 Å². The number of hydrogen-bond donors (Lipinski definition) is 2. The number of halogens is 1. The highest BCUT2D eigenvalue weighted by Crippen LogP contribution is 2.46. The normalized spacial score (nSPS) is 17.5. The Kier molecular flexibility index (Phi) is 5.46. The Labute approximate surface area is 195 Å². The van der Waals surface area contributed by atoms with Crippen molar-refractivity contribution in [2.45, 2.75) is 38.4 Å². The summed E-state index contributed by atoms with van der Waals surface area (Å²) < 4.78 is 14.4. The van der Waals surface area contributed by atoms with Crippen LogP contribution in [0.4, 0.5) is 10.1 Å². The van der Waals surface area contributed by atoms with Crippen LogP contribution in [-0.4, -0.2) is 28.2 Å². The zero-order valence-corrected chi connectivity index (χ0v) is 19.0. The van der Waals surface area contributed by atoms with Crippen LogP contribution in [-0.2, 0) is 6.54 Å².